The molecule has 2 aromatic rings. The van der Waals surface area contributed by atoms with E-state index in [1.54, 1.807) is 0 Å². The summed E-state index contributed by atoms with van der Waals surface area (Å²) < 4.78 is 5.44. The van der Waals surface area contributed by atoms with Crippen molar-refractivity contribution in [1.29, 1.82) is 0 Å². The lowest BCUT2D eigenvalue weighted by Gasteiger charge is -1.92. The van der Waals surface area contributed by atoms with E-state index in [9.17, 15) is 0 Å². The van der Waals surface area contributed by atoms with E-state index in [4.69, 9.17) is 9.95 Å². The molecule has 0 aliphatic heterocycles. The van der Waals surface area contributed by atoms with E-state index in [1.807, 2.05) is 37.3 Å². The van der Waals surface area contributed by atoms with Gasteiger partial charge in [0.2, 0.25) is 0 Å². The van der Waals surface area contributed by atoms with Gasteiger partial charge in [0.25, 0.3) is 0 Å². The summed E-state index contributed by atoms with van der Waals surface area (Å²) in [5.41, 5.74) is 10.8. The van der Waals surface area contributed by atoms with E-state index in [0.29, 0.717) is 12.4 Å². The average Bonchev–Trinajstić information content (AvgIpc) is 2.68. The number of oxazole rings is 1. The third-order valence-corrected chi connectivity index (χ3v) is 2.29. The van der Waals surface area contributed by atoms with Crippen molar-refractivity contribution in [3.63, 3.8) is 0 Å². The predicted octanol–water partition coefficient (Wildman–Crippen LogP) is 3.85. The Bertz CT molecular complexity index is 594. The van der Waals surface area contributed by atoms with Gasteiger partial charge in [0, 0.05) is 18.4 Å². The van der Waals surface area contributed by atoms with Crippen molar-refractivity contribution in [2.75, 3.05) is 6.54 Å². The van der Waals surface area contributed by atoms with Gasteiger partial charge in [0.1, 0.15) is 5.52 Å². The van der Waals surface area contributed by atoms with Gasteiger partial charge >= 0.3 is 0 Å². The van der Waals surface area contributed by atoms with Crippen molar-refractivity contribution in [2.45, 2.75) is 13.3 Å². The normalized spacial score (nSPS) is 10.9. The molecule has 17 heavy (non-hydrogen) atoms. The van der Waals surface area contributed by atoms with Crippen molar-refractivity contribution in [3.05, 3.63) is 46.2 Å². The molecule has 0 aliphatic rings. The summed E-state index contributed by atoms with van der Waals surface area (Å²) in [4.78, 5) is 6.92. The van der Waals surface area contributed by atoms with Crippen LogP contribution in [0, 0.1) is 6.92 Å². The second-order valence-corrected chi connectivity index (χ2v) is 3.61. The quantitative estimate of drug-likeness (QED) is 0.345. The molecule has 0 fully saturated rings. The molecule has 5 nitrogen and oxygen atoms in total. The topological polar surface area (TPSA) is 74.8 Å². The number of aryl methyl sites for hydroxylation is 1. The second-order valence-electron chi connectivity index (χ2n) is 3.61. The SMILES string of the molecule is Cc1nc2ccc(C=CCCN=[N+]=[N-])cc2o1. The van der Waals surface area contributed by atoms with Crippen LogP contribution < -0.4 is 0 Å². The minimum absolute atomic E-state index is 0.483. The molecule has 1 heterocycles. The summed E-state index contributed by atoms with van der Waals surface area (Å²) in [6.07, 6.45) is 4.68. The minimum atomic E-state index is 0.483. The van der Waals surface area contributed by atoms with Gasteiger partial charge < -0.3 is 4.42 Å². The van der Waals surface area contributed by atoms with Crippen molar-refractivity contribution in [1.82, 2.24) is 4.98 Å². The van der Waals surface area contributed by atoms with Crippen LogP contribution in [0.4, 0.5) is 0 Å². The van der Waals surface area contributed by atoms with Gasteiger partial charge in [-0.25, -0.2) is 4.98 Å². The minimum Gasteiger partial charge on any atom is -0.441 e. The third-order valence-electron chi connectivity index (χ3n) is 2.29. The lowest BCUT2D eigenvalue weighted by molar-refractivity contribution is 0.561. The number of hydrogen-bond donors (Lipinski definition) is 0. The average molecular weight is 228 g/mol. The highest BCUT2D eigenvalue weighted by atomic mass is 16.3. The molecule has 0 saturated carbocycles. The van der Waals surface area contributed by atoms with Crippen LogP contribution >= 0.6 is 0 Å². The van der Waals surface area contributed by atoms with E-state index < -0.39 is 0 Å². The van der Waals surface area contributed by atoms with Crippen LogP contribution in [0.25, 0.3) is 27.6 Å². The number of nitrogens with zero attached hydrogens (tertiary/aromatic N) is 4. The molecule has 0 N–H and O–H groups in total. The molecular formula is C12H12N4O. The molecule has 2 rings (SSSR count). The number of rotatable bonds is 4. The Morgan fingerprint density at radius 3 is 3.24 bits per heavy atom. The summed E-state index contributed by atoms with van der Waals surface area (Å²) >= 11 is 0. The first kappa shape index (κ1) is 11.2. The van der Waals surface area contributed by atoms with Gasteiger partial charge in [-0.1, -0.05) is 23.3 Å². The molecule has 0 amide bonds. The molecule has 0 radical (unpaired) electrons. The van der Waals surface area contributed by atoms with Gasteiger partial charge in [0.15, 0.2) is 11.5 Å². The molecule has 1 aromatic heterocycles. The van der Waals surface area contributed by atoms with E-state index in [1.165, 1.54) is 0 Å². The van der Waals surface area contributed by atoms with Crippen molar-refractivity contribution in [3.8, 4) is 0 Å². The summed E-state index contributed by atoms with van der Waals surface area (Å²) in [5, 5.41) is 3.46. The number of benzene rings is 1. The second kappa shape index (κ2) is 5.18. The van der Waals surface area contributed by atoms with Crippen LogP contribution in [0.2, 0.25) is 0 Å². The van der Waals surface area contributed by atoms with Crippen LogP contribution in [0.5, 0.6) is 0 Å². The molecule has 0 unspecified atom stereocenters. The lowest BCUT2D eigenvalue weighted by atomic mass is 10.2. The molecule has 0 bridgehead atoms. The smallest absolute Gasteiger partial charge is 0.192 e. The largest absolute Gasteiger partial charge is 0.441 e. The van der Waals surface area contributed by atoms with E-state index in [2.05, 4.69) is 15.0 Å². The summed E-state index contributed by atoms with van der Waals surface area (Å²) in [6.45, 7) is 2.31. The molecule has 1 aromatic carbocycles. The van der Waals surface area contributed by atoms with Gasteiger partial charge in [-0.15, -0.1) is 0 Å². The molecule has 86 valence electrons. The summed E-state index contributed by atoms with van der Waals surface area (Å²) in [5.74, 6) is 0.671. The Labute approximate surface area is 98.4 Å². The maximum Gasteiger partial charge on any atom is 0.192 e. The maximum atomic E-state index is 8.12. The fourth-order valence-electron chi connectivity index (χ4n) is 1.56. The number of azide groups is 1. The molecule has 0 saturated heterocycles. The molecule has 0 spiro atoms. The zero-order chi connectivity index (χ0) is 12.1. The van der Waals surface area contributed by atoms with Gasteiger partial charge in [0.05, 0.1) is 0 Å². The molecule has 0 aliphatic carbocycles. The van der Waals surface area contributed by atoms with Crippen LogP contribution in [0.15, 0.2) is 33.8 Å². The van der Waals surface area contributed by atoms with Gasteiger partial charge in [-0.2, -0.15) is 0 Å². The zero-order valence-corrected chi connectivity index (χ0v) is 9.50. The van der Waals surface area contributed by atoms with Crippen molar-refractivity contribution >= 4 is 17.2 Å². The highest BCUT2D eigenvalue weighted by Crippen LogP contribution is 2.17. The molecular weight excluding hydrogens is 216 g/mol. The highest BCUT2D eigenvalue weighted by Gasteiger charge is 2.00. The van der Waals surface area contributed by atoms with Crippen molar-refractivity contribution in [2.24, 2.45) is 5.11 Å². The Morgan fingerprint density at radius 1 is 1.53 bits per heavy atom. The van der Waals surface area contributed by atoms with Gasteiger partial charge in [-0.3, -0.25) is 0 Å². The van der Waals surface area contributed by atoms with Crippen molar-refractivity contribution < 1.29 is 4.42 Å². The van der Waals surface area contributed by atoms with Crippen LogP contribution in [0.1, 0.15) is 17.9 Å². The third kappa shape index (κ3) is 2.86. The van der Waals surface area contributed by atoms with Crippen LogP contribution in [0.3, 0.4) is 0 Å². The fourth-order valence-corrected chi connectivity index (χ4v) is 1.56. The number of hydrogen-bond acceptors (Lipinski definition) is 3. The Hall–Kier alpha value is -2.26. The summed E-state index contributed by atoms with van der Waals surface area (Å²) in [7, 11) is 0. The van der Waals surface area contributed by atoms with E-state index >= 15 is 0 Å². The molecule has 5 heteroatoms. The van der Waals surface area contributed by atoms with Crippen LogP contribution in [-0.2, 0) is 0 Å². The fraction of sp³-hybridized carbons (Fsp3) is 0.250. The first-order chi connectivity index (χ1) is 8.29. The van der Waals surface area contributed by atoms with Crippen LogP contribution in [-0.4, -0.2) is 11.5 Å². The van der Waals surface area contributed by atoms with E-state index in [-0.39, 0.29) is 0 Å². The lowest BCUT2D eigenvalue weighted by Crippen LogP contribution is -1.75. The standard InChI is InChI=1S/C12H12N4O/c1-9-15-11-6-5-10(8-12(11)17-9)4-2-3-7-14-16-13/h2,4-6,8H,3,7H2,1H3. The zero-order valence-electron chi connectivity index (χ0n) is 9.50. The summed E-state index contributed by atoms with van der Waals surface area (Å²) in [6, 6.07) is 5.85. The monoisotopic (exact) mass is 228 g/mol. The highest BCUT2D eigenvalue weighted by molar-refractivity contribution is 5.76. The maximum absolute atomic E-state index is 8.12. The molecule has 0 atom stereocenters. The first-order valence-corrected chi connectivity index (χ1v) is 5.34. The first-order valence-electron chi connectivity index (χ1n) is 5.34. The Morgan fingerprint density at radius 2 is 2.41 bits per heavy atom. The predicted molar refractivity (Wildman–Crippen MR) is 66.4 cm³/mol. The van der Waals surface area contributed by atoms with Gasteiger partial charge in [-0.05, 0) is 29.6 Å². The number of fused-ring (bicyclic) bond motifs is 1. The Kier molecular flexibility index (Phi) is 3.43. The Balaban J connectivity index is 2.10. The number of aromatic nitrogens is 1. The van der Waals surface area contributed by atoms with E-state index in [0.717, 1.165) is 23.1 Å².